The van der Waals surface area contributed by atoms with Gasteiger partial charge in [-0.15, -0.1) is 11.3 Å². The van der Waals surface area contributed by atoms with Crippen LogP contribution in [0.15, 0.2) is 35.2 Å². The van der Waals surface area contributed by atoms with Crippen molar-refractivity contribution in [2.24, 2.45) is 0 Å². The summed E-state index contributed by atoms with van der Waals surface area (Å²) in [7, 11) is -5.32. The Balaban J connectivity index is 0.000000168. The Hall–Kier alpha value is -1.23. The van der Waals surface area contributed by atoms with Crippen LogP contribution in [0.5, 0.6) is 0 Å². The van der Waals surface area contributed by atoms with Gasteiger partial charge >= 0.3 is 7.12 Å². The molecule has 9 heteroatoms. The lowest BCUT2D eigenvalue weighted by atomic mass is 9.89. The fourth-order valence-electron chi connectivity index (χ4n) is 2.11. The van der Waals surface area contributed by atoms with Gasteiger partial charge in [-0.3, -0.25) is 4.55 Å². The highest BCUT2D eigenvalue weighted by Crippen LogP contribution is 2.18. The molecule has 0 aliphatic carbocycles. The van der Waals surface area contributed by atoms with Crippen LogP contribution in [-0.4, -0.2) is 36.7 Å². The van der Waals surface area contributed by atoms with E-state index in [0.29, 0.717) is 4.78 Å². The molecule has 0 unspecified atom stereocenters. The zero-order valence-corrected chi connectivity index (χ0v) is 14.2. The van der Waals surface area contributed by atoms with Gasteiger partial charge in [0, 0.05) is 22.7 Å². The van der Waals surface area contributed by atoms with Crippen LogP contribution in [0, 0.1) is 6.92 Å². The minimum atomic E-state index is -4.02. The van der Waals surface area contributed by atoms with Crippen molar-refractivity contribution in [1.82, 2.24) is 5.32 Å². The van der Waals surface area contributed by atoms with Gasteiger partial charge in [0.15, 0.2) is 0 Å². The number of rotatable bonds is 2. The number of fused-ring (bicyclic) bond motifs is 1. The maximum Gasteiger partial charge on any atom is 0.499 e. The molecule has 0 spiro atoms. The molecule has 2 aromatic rings. The smallest absolute Gasteiger partial charge is 0.423 e. The van der Waals surface area contributed by atoms with Crippen molar-refractivity contribution in [3.8, 4) is 0 Å². The summed E-state index contributed by atoms with van der Waals surface area (Å²) in [6.07, 6.45) is 1.01. The number of aryl methyl sites for hydroxylation is 1. The second kappa shape index (κ2) is 7.56. The first-order valence-electron chi connectivity index (χ1n) is 7.00. The summed E-state index contributed by atoms with van der Waals surface area (Å²) < 4.78 is 30.2. The summed E-state index contributed by atoms with van der Waals surface area (Å²) in [5.74, 6) is 0. The van der Waals surface area contributed by atoms with Crippen molar-refractivity contribution in [3.63, 3.8) is 0 Å². The third-order valence-corrected chi connectivity index (χ3v) is 5.48. The van der Waals surface area contributed by atoms with Gasteiger partial charge in [-0.1, -0.05) is 17.7 Å². The molecular weight excluding hydrogens is 337 g/mol. The maximum atomic E-state index is 10.5. The Morgan fingerprint density at radius 2 is 1.87 bits per heavy atom. The van der Waals surface area contributed by atoms with Crippen LogP contribution in [0.25, 0.3) is 0 Å². The van der Waals surface area contributed by atoms with Crippen molar-refractivity contribution >= 4 is 33.3 Å². The first kappa shape index (κ1) is 18.1. The second-order valence-electron chi connectivity index (χ2n) is 5.19. The second-order valence-corrected chi connectivity index (χ2v) is 7.78. The predicted octanol–water partition coefficient (Wildman–Crippen LogP) is 0.315. The van der Waals surface area contributed by atoms with Crippen LogP contribution in [0.4, 0.5) is 0 Å². The molecule has 4 N–H and O–H groups in total. The van der Waals surface area contributed by atoms with Gasteiger partial charge in [-0.25, -0.2) is 0 Å². The molecule has 0 amide bonds. The van der Waals surface area contributed by atoms with Crippen LogP contribution in [0.1, 0.15) is 16.0 Å². The minimum Gasteiger partial charge on any atom is -0.423 e. The molecule has 0 bridgehead atoms. The summed E-state index contributed by atoms with van der Waals surface area (Å²) in [4.78, 5) is 1.22. The standard InChI is InChI=1S/C7H10BNO2S.C7H8O3S/c10-8(11)7-3-5-4-9-2-1-6(5)12-7;1-6-2-4-7(5-3-6)11(8,9)10/h3,9-11H,1-2,4H2;2-5H,1H3,(H,8,9,10). The Bertz CT molecular complexity index is 732. The van der Waals surface area contributed by atoms with Crippen molar-refractivity contribution in [2.45, 2.75) is 24.8 Å². The fourth-order valence-corrected chi connectivity index (χ4v) is 3.65. The van der Waals surface area contributed by atoms with Gasteiger partial charge in [0.25, 0.3) is 10.1 Å². The molecule has 124 valence electrons. The summed E-state index contributed by atoms with van der Waals surface area (Å²) in [6.45, 7) is 3.70. The molecule has 6 nitrogen and oxygen atoms in total. The highest BCUT2D eigenvalue weighted by Gasteiger charge is 2.19. The highest BCUT2D eigenvalue weighted by atomic mass is 32.2. The first-order valence-corrected chi connectivity index (χ1v) is 9.25. The van der Waals surface area contributed by atoms with Gasteiger partial charge in [0.1, 0.15) is 0 Å². The third kappa shape index (κ3) is 5.13. The van der Waals surface area contributed by atoms with Crippen LogP contribution in [0.2, 0.25) is 0 Å². The van der Waals surface area contributed by atoms with E-state index in [1.807, 2.05) is 13.0 Å². The number of nitrogens with one attached hydrogen (secondary N) is 1. The zero-order chi connectivity index (χ0) is 17.0. The number of benzene rings is 1. The van der Waals surface area contributed by atoms with Gasteiger partial charge in [-0.05, 0) is 37.1 Å². The van der Waals surface area contributed by atoms with Crippen molar-refractivity contribution < 1.29 is 23.0 Å². The van der Waals surface area contributed by atoms with E-state index in [-0.39, 0.29) is 4.90 Å². The largest absolute Gasteiger partial charge is 0.499 e. The van der Waals surface area contributed by atoms with Crippen molar-refractivity contribution in [2.75, 3.05) is 6.54 Å². The summed E-state index contributed by atoms with van der Waals surface area (Å²) in [6, 6.07) is 7.86. The van der Waals surface area contributed by atoms with Crippen LogP contribution in [0.3, 0.4) is 0 Å². The molecule has 1 aliphatic rings. The van der Waals surface area contributed by atoms with E-state index in [9.17, 15) is 8.42 Å². The third-order valence-electron chi connectivity index (χ3n) is 3.33. The molecule has 0 atom stereocenters. The van der Waals surface area contributed by atoms with Gasteiger partial charge in [0.2, 0.25) is 0 Å². The lowest BCUT2D eigenvalue weighted by Crippen LogP contribution is -2.26. The van der Waals surface area contributed by atoms with E-state index in [1.165, 1.54) is 33.9 Å². The Morgan fingerprint density at radius 3 is 2.39 bits per heavy atom. The lowest BCUT2D eigenvalue weighted by molar-refractivity contribution is 0.427. The zero-order valence-electron chi connectivity index (χ0n) is 12.6. The highest BCUT2D eigenvalue weighted by molar-refractivity contribution is 7.85. The number of hydrogen-bond donors (Lipinski definition) is 4. The molecule has 0 saturated carbocycles. The molecule has 0 fully saturated rings. The van der Waals surface area contributed by atoms with Gasteiger partial charge in [0.05, 0.1) is 4.90 Å². The molecule has 23 heavy (non-hydrogen) atoms. The van der Waals surface area contributed by atoms with E-state index in [2.05, 4.69) is 5.32 Å². The number of hydrogen-bond acceptors (Lipinski definition) is 6. The molecular formula is C14H18BNO5S2. The molecule has 0 saturated heterocycles. The number of thiophene rings is 1. The molecule has 0 radical (unpaired) electrons. The van der Waals surface area contributed by atoms with Crippen LogP contribution < -0.4 is 10.1 Å². The predicted molar refractivity (Wildman–Crippen MR) is 90.5 cm³/mol. The van der Waals surface area contributed by atoms with Gasteiger partial charge in [-0.2, -0.15) is 8.42 Å². The fraction of sp³-hybridized carbons (Fsp3) is 0.286. The van der Waals surface area contributed by atoms with Crippen LogP contribution >= 0.6 is 11.3 Å². The summed E-state index contributed by atoms with van der Waals surface area (Å²) in [5.41, 5.74) is 2.17. The van der Waals surface area contributed by atoms with Crippen molar-refractivity contribution in [3.05, 3.63) is 46.3 Å². The van der Waals surface area contributed by atoms with E-state index in [0.717, 1.165) is 25.1 Å². The average molecular weight is 355 g/mol. The van der Waals surface area contributed by atoms with E-state index >= 15 is 0 Å². The maximum absolute atomic E-state index is 10.5. The van der Waals surface area contributed by atoms with Crippen molar-refractivity contribution in [1.29, 1.82) is 0 Å². The SMILES string of the molecule is Cc1ccc(S(=O)(=O)O)cc1.OB(O)c1cc2c(s1)CCNC2. The topological polar surface area (TPSA) is 107 Å². The summed E-state index contributed by atoms with van der Waals surface area (Å²) >= 11 is 1.50. The average Bonchev–Trinajstić information content (AvgIpc) is 2.91. The first-order chi connectivity index (χ1) is 10.8. The Labute approximate surface area is 139 Å². The van der Waals surface area contributed by atoms with E-state index in [4.69, 9.17) is 14.6 Å². The molecule has 1 aliphatic heterocycles. The quantitative estimate of drug-likeness (QED) is 0.457. The van der Waals surface area contributed by atoms with E-state index < -0.39 is 17.2 Å². The van der Waals surface area contributed by atoms with Crippen LogP contribution in [-0.2, 0) is 23.1 Å². The lowest BCUT2D eigenvalue weighted by Gasteiger charge is -2.10. The van der Waals surface area contributed by atoms with E-state index in [1.54, 1.807) is 12.1 Å². The molecule has 2 heterocycles. The Kier molecular flexibility index (Phi) is 5.96. The Morgan fingerprint density at radius 1 is 1.22 bits per heavy atom. The minimum absolute atomic E-state index is 0.0666. The van der Waals surface area contributed by atoms with Gasteiger partial charge < -0.3 is 15.4 Å². The molecule has 3 rings (SSSR count). The normalized spacial score (nSPS) is 13.7. The monoisotopic (exact) mass is 355 g/mol. The summed E-state index contributed by atoms with van der Waals surface area (Å²) in [5, 5.41) is 21.1. The molecule has 1 aromatic carbocycles. The molecule has 1 aromatic heterocycles.